The van der Waals surface area contributed by atoms with E-state index in [2.05, 4.69) is 16.0 Å². The van der Waals surface area contributed by atoms with Gasteiger partial charge < -0.3 is 16.0 Å². The molecule has 4 nitrogen and oxygen atoms in total. The van der Waals surface area contributed by atoms with Gasteiger partial charge in [0.05, 0.1) is 0 Å². The molecule has 0 fully saturated rings. The Kier molecular flexibility index (Phi) is 6.90. The first-order valence-corrected chi connectivity index (χ1v) is 8.87. The van der Waals surface area contributed by atoms with Crippen LogP contribution in [0, 0.1) is 6.92 Å². The van der Waals surface area contributed by atoms with Crippen LogP contribution in [0.2, 0.25) is 0 Å². The summed E-state index contributed by atoms with van der Waals surface area (Å²) in [5.41, 5.74) is 2.18. The highest BCUT2D eigenvalue weighted by Crippen LogP contribution is 2.29. The molecule has 0 aromatic heterocycles. The molecule has 1 atom stereocenters. The van der Waals surface area contributed by atoms with Gasteiger partial charge in [0, 0.05) is 11.3 Å². The summed E-state index contributed by atoms with van der Waals surface area (Å²) in [6.07, 6.45) is -1.02. The average molecular weight is 417 g/mol. The van der Waals surface area contributed by atoms with Crippen LogP contribution >= 0.6 is 47.0 Å². The fraction of sp³-hybridized carbons (Fsp3) is 0.176. The zero-order chi connectivity index (χ0) is 18.4. The Hall–Kier alpha value is -1.53. The number of hydrogen-bond acceptors (Lipinski definition) is 2. The summed E-state index contributed by atoms with van der Waals surface area (Å²) in [5, 5.41) is 8.63. The van der Waals surface area contributed by atoms with Gasteiger partial charge in [-0.1, -0.05) is 70.7 Å². The highest BCUT2D eigenvalue weighted by Gasteiger charge is 2.34. The van der Waals surface area contributed by atoms with E-state index in [0.29, 0.717) is 5.56 Å². The third kappa shape index (κ3) is 6.36. The van der Waals surface area contributed by atoms with Crippen molar-refractivity contribution in [1.82, 2.24) is 10.6 Å². The van der Waals surface area contributed by atoms with Crippen LogP contribution in [0.4, 0.5) is 5.69 Å². The number of rotatable bonds is 4. The molecule has 0 aliphatic carbocycles. The predicted octanol–water partition coefficient (Wildman–Crippen LogP) is 4.41. The van der Waals surface area contributed by atoms with Crippen LogP contribution in [0.25, 0.3) is 0 Å². The van der Waals surface area contributed by atoms with E-state index >= 15 is 0 Å². The summed E-state index contributed by atoms with van der Waals surface area (Å²) in [5.74, 6) is -0.380. The maximum atomic E-state index is 12.4. The zero-order valence-corrected chi connectivity index (χ0v) is 16.3. The molecule has 1 amide bonds. The van der Waals surface area contributed by atoms with Crippen molar-refractivity contribution in [3.8, 4) is 0 Å². The van der Waals surface area contributed by atoms with Crippen molar-refractivity contribution in [1.29, 1.82) is 0 Å². The van der Waals surface area contributed by atoms with Crippen molar-refractivity contribution in [3.05, 3.63) is 65.7 Å². The second kappa shape index (κ2) is 8.72. The lowest BCUT2D eigenvalue weighted by molar-refractivity contribution is 0.0934. The van der Waals surface area contributed by atoms with Gasteiger partial charge in [-0.15, -0.1) is 0 Å². The van der Waals surface area contributed by atoms with Crippen LogP contribution in [0.5, 0.6) is 0 Å². The summed E-state index contributed by atoms with van der Waals surface area (Å²) < 4.78 is -1.80. The molecule has 0 saturated carbocycles. The third-order valence-electron chi connectivity index (χ3n) is 3.19. The first kappa shape index (κ1) is 19.8. The normalized spacial score (nSPS) is 12.2. The minimum atomic E-state index is -1.80. The lowest BCUT2D eigenvalue weighted by Crippen LogP contribution is -2.56. The number of nitrogens with one attached hydrogen (secondary N) is 3. The first-order valence-electron chi connectivity index (χ1n) is 7.32. The number of halogens is 3. The van der Waals surface area contributed by atoms with Crippen LogP contribution in [-0.4, -0.2) is 21.0 Å². The lowest BCUT2D eigenvalue weighted by Gasteiger charge is -2.27. The Bertz CT molecular complexity index is 750. The highest BCUT2D eigenvalue weighted by molar-refractivity contribution is 7.80. The highest BCUT2D eigenvalue weighted by atomic mass is 35.6. The minimum Gasteiger partial charge on any atom is -0.339 e. The quantitative estimate of drug-likeness (QED) is 0.393. The molecule has 8 heteroatoms. The Morgan fingerprint density at radius 2 is 1.72 bits per heavy atom. The summed E-state index contributed by atoms with van der Waals surface area (Å²) >= 11 is 23.1. The molecule has 0 saturated heterocycles. The number of thiocarbonyl (C=S) groups is 1. The molecule has 2 aromatic rings. The van der Waals surface area contributed by atoms with Crippen molar-refractivity contribution in [2.24, 2.45) is 0 Å². The third-order valence-corrected chi connectivity index (χ3v) is 4.06. The standard InChI is InChI=1S/C17H16Cl3N3OS/c1-11-6-5-7-12(10-11)14(24)22-15(17(18,19)20)23-16(25)21-13-8-3-2-4-9-13/h2-10,15H,1H3,(H,22,24)(H2,21,23,25). The SMILES string of the molecule is Cc1cccc(C(=O)NC(NC(=S)Nc2ccccc2)C(Cl)(Cl)Cl)c1. The first-order chi connectivity index (χ1) is 11.8. The molecule has 2 rings (SSSR count). The van der Waals surface area contributed by atoms with Gasteiger partial charge >= 0.3 is 0 Å². The van der Waals surface area contributed by atoms with Gasteiger partial charge in [-0.2, -0.15) is 0 Å². The molecule has 25 heavy (non-hydrogen) atoms. The average Bonchev–Trinajstić information content (AvgIpc) is 2.54. The number of para-hydroxylation sites is 1. The number of amides is 1. The van der Waals surface area contributed by atoms with Crippen LogP contribution in [0.1, 0.15) is 15.9 Å². The van der Waals surface area contributed by atoms with Crippen LogP contribution in [0.3, 0.4) is 0 Å². The Labute approximate surface area is 166 Å². The van der Waals surface area contributed by atoms with E-state index in [1.807, 2.05) is 43.3 Å². The topological polar surface area (TPSA) is 53.2 Å². The molecular weight excluding hydrogens is 401 g/mol. The van der Waals surface area contributed by atoms with Crippen molar-refractivity contribution in [2.45, 2.75) is 16.9 Å². The van der Waals surface area contributed by atoms with Gasteiger partial charge in [-0.05, 0) is 43.4 Å². The molecule has 0 aliphatic rings. The molecule has 0 radical (unpaired) electrons. The van der Waals surface area contributed by atoms with E-state index in [-0.39, 0.29) is 11.0 Å². The molecule has 132 valence electrons. The summed E-state index contributed by atoms with van der Waals surface area (Å²) in [7, 11) is 0. The van der Waals surface area contributed by atoms with Gasteiger partial charge in [0.2, 0.25) is 3.79 Å². The van der Waals surface area contributed by atoms with E-state index in [4.69, 9.17) is 47.0 Å². The second-order valence-electron chi connectivity index (χ2n) is 5.28. The van der Waals surface area contributed by atoms with Gasteiger partial charge in [-0.25, -0.2) is 0 Å². The van der Waals surface area contributed by atoms with E-state index < -0.39 is 9.96 Å². The van der Waals surface area contributed by atoms with Gasteiger partial charge in [0.25, 0.3) is 5.91 Å². The molecule has 0 heterocycles. The van der Waals surface area contributed by atoms with Gasteiger partial charge in [0.1, 0.15) is 6.17 Å². The molecule has 0 bridgehead atoms. The number of anilines is 1. The van der Waals surface area contributed by atoms with E-state index in [1.54, 1.807) is 18.2 Å². The number of carbonyl (C=O) groups excluding carboxylic acids is 1. The van der Waals surface area contributed by atoms with Crippen molar-refractivity contribution >= 4 is 63.7 Å². The molecule has 0 spiro atoms. The maximum Gasteiger partial charge on any atom is 0.252 e. The van der Waals surface area contributed by atoms with Gasteiger partial charge in [-0.3, -0.25) is 4.79 Å². The van der Waals surface area contributed by atoms with E-state index in [0.717, 1.165) is 11.3 Å². The summed E-state index contributed by atoms with van der Waals surface area (Å²) in [6, 6.07) is 16.4. The molecule has 1 unspecified atom stereocenters. The Balaban J connectivity index is 2.06. The smallest absolute Gasteiger partial charge is 0.252 e. The van der Waals surface area contributed by atoms with Crippen molar-refractivity contribution in [2.75, 3.05) is 5.32 Å². The molecular formula is C17H16Cl3N3OS. The number of aryl methyl sites for hydroxylation is 1. The van der Waals surface area contributed by atoms with Crippen LogP contribution in [0.15, 0.2) is 54.6 Å². The Morgan fingerprint density at radius 3 is 2.32 bits per heavy atom. The van der Waals surface area contributed by atoms with Gasteiger partial charge in [0.15, 0.2) is 5.11 Å². The van der Waals surface area contributed by atoms with Crippen LogP contribution in [-0.2, 0) is 0 Å². The van der Waals surface area contributed by atoms with Crippen molar-refractivity contribution < 1.29 is 4.79 Å². The maximum absolute atomic E-state index is 12.4. The Morgan fingerprint density at radius 1 is 1.04 bits per heavy atom. The predicted molar refractivity (Wildman–Crippen MR) is 109 cm³/mol. The minimum absolute atomic E-state index is 0.215. The molecule has 3 N–H and O–H groups in total. The second-order valence-corrected chi connectivity index (χ2v) is 8.06. The lowest BCUT2D eigenvalue weighted by atomic mass is 10.1. The molecule has 0 aliphatic heterocycles. The fourth-order valence-corrected chi connectivity index (χ4v) is 2.58. The summed E-state index contributed by atoms with van der Waals surface area (Å²) in [6.45, 7) is 1.89. The van der Waals surface area contributed by atoms with E-state index in [1.165, 1.54) is 0 Å². The van der Waals surface area contributed by atoms with Crippen LogP contribution < -0.4 is 16.0 Å². The number of carbonyl (C=O) groups is 1. The number of alkyl halides is 3. The van der Waals surface area contributed by atoms with Crippen molar-refractivity contribution in [3.63, 3.8) is 0 Å². The fourth-order valence-electron chi connectivity index (χ4n) is 2.02. The largest absolute Gasteiger partial charge is 0.339 e. The van der Waals surface area contributed by atoms with E-state index in [9.17, 15) is 4.79 Å². The number of benzene rings is 2. The monoisotopic (exact) mass is 415 g/mol. The summed E-state index contributed by atoms with van der Waals surface area (Å²) in [4.78, 5) is 12.4. The number of hydrogen-bond donors (Lipinski definition) is 3. The molecule has 2 aromatic carbocycles. The zero-order valence-electron chi connectivity index (χ0n) is 13.2.